The number of imidazole rings is 1. The van der Waals surface area contributed by atoms with Crippen LogP contribution in [0.1, 0.15) is 48.4 Å². The molecule has 7 nitrogen and oxygen atoms in total. The van der Waals surface area contributed by atoms with Crippen molar-refractivity contribution < 1.29 is 4.79 Å². The molecule has 0 saturated heterocycles. The van der Waals surface area contributed by atoms with Crippen molar-refractivity contribution in [3.63, 3.8) is 0 Å². The van der Waals surface area contributed by atoms with Crippen LogP contribution in [0.5, 0.6) is 0 Å². The van der Waals surface area contributed by atoms with Gasteiger partial charge in [-0.2, -0.15) is 0 Å². The normalized spacial score (nSPS) is 21.4. The molecular formula is C26H25ClN6O. The zero-order valence-corrected chi connectivity index (χ0v) is 19.5. The van der Waals surface area contributed by atoms with Crippen molar-refractivity contribution in [2.75, 3.05) is 10.6 Å². The molecule has 2 unspecified atom stereocenters. The van der Waals surface area contributed by atoms with Gasteiger partial charge in [0.1, 0.15) is 23.6 Å². The van der Waals surface area contributed by atoms with Crippen molar-refractivity contribution >= 4 is 34.8 Å². The Morgan fingerprint density at radius 1 is 1.09 bits per heavy atom. The number of nitrogens with zero attached hydrogens (tertiary/aromatic N) is 4. The fourth-order valence-corrected chi connectivity index (χ4v) is 5.01. The fraction of sp³-hybridized carbons (Fsp3) is 0.308. The van der Waals surface area contributed by atoms with Gasteiger partial charge in [0.05, 0.1) is 12.2 Å². The molecule has 3 heterocycles. The van der Waals surface area contributed by atoms with Gasteiger partial charge in [0.2, 0.25) is 5.91 Å². The summed E-state index contributed by atoms with van der Waals surface area (Å²) in [7, 11) is 0. The first kappa shape index (κ1) is 21.1. The summed E-state index contributed by atoms with van der Waals surface area (Å²) in [5.41, 5.74) is 4.34. The molecule has 0 radical (unpaired) electrons. The second-order valence-electron chi connectivity index (χ2n) is 9.33. The maximum absolute atomic E-state index is 12.9. The van der Waals surface area contributed by atoms with Gasteiger partial charge in [0, 0.05) is 29.4 Å². The summed E-state index contributed by atoms with van der Waals surface area (Å²) in [5.74, 6) is 2.13. The van der Waals surface area contributed by atoms with Gasteiger partial charge in [0.15, 0.2) is 0 Å². The van der Waals surface area contributed by atoms with E-state index in [2.05, 4.69) is 55.2 Å². The van der Waals surface area contributed by atoms with E-state index in [1.165, 1.54) is 24.7 Å². The van der Waals surface area contributed by atoms with Gasteiger partial charge in [-0.15, -0.1) is 0 Å². The van der Waals surface area contributed by atoms with Crippen LogP contribution in [0.2, 0.25) is 5.02 Å². The Morgan fingerprint density at radius 3 is 2.76 bits per heavy atom. The third-order valence-electron chi connectivity index (χ3n) is 6.86. The summed E-state index contributed by atoms with van der Waals surface area (Å²) < 4.78 is 2.09. The zero-order valence-electron chi connectivity index (χ0n) is 18.8. The number of hydrogen-bond donors (Lipinski definition) is 2. The Hall–Kier alpha value is -3.45. The molecule has 2 aliphatic rings. The minimum absolute atomic E-state index is 0.0334. The number of halogens is 1. The van der Waals surface area contributed by atoms with Crippen LogP contribution >= 0.6 is 11.6 Å². The van der Waals surface area contributed by atoms with Crippen molar-refractivity contribution in [2.24, 2.45) is 11.8 Å². The van der Waals surface area contributed by atoms with Crippen molar-refractivity contribution in [1.82, 2.24) is 19.4 Å². The molecule has 8 heteroatoms. The maximum Gasteiger partial charge on any atom is 0.229 e. The van der Waals surface area contributed by atoms with E-state index in [1.54, 1.807) is 6.07 Å². The summed E-state index contributed by atoms with van der Waals surface area (Å²) in [6.45, 7) is 2.62. The second-order valence-corrected chi connectivity index (χ2v) is 9.77. The molecule has 2 N–H and O–H groups in total. The first-order valence-electron chi connectivity index (χ1n) is 11.6. The van der Waals surface area contributed by atoms with E-state index in [0.29, 0.717) is 29.1 Å². The number of carbonyl (C=O) groups is 1. The largest absolute Gasteiger partial charge is 0.364 e. The summed E-state index contributed by atoms with van der Waals surface area (Å²) in [6, 6.07) is 13.7. The number of anilines is 2. The summed E-state index contributed by atoms with van der Waals surface area (Å²) in [4.78, 5) is 26.1. The van der Waals surface area contributed by atoms with Gasteiger partial charge in [0.25, 0.3) is 0 Å². The first-order valence-corrected chi connectivity index (χ1v) is 12.0. The van der Waals surface area contributed by atoms with Crippen LogP contribution in [-0.2, 0) is 11.3 Å². The van der Waals surface area contributed by atoms with Crippen molar-refractivity contribution in [3.8, 4) is 0 Å². The second kappa shape index (κ2) is 8.40. The van der Waals surface area contributed by atoms with Crippen LogP contribution in [0, 0.1) is 11.8 Å². The molecule has 172 valence electrons. The van der Waals surface area contributed by atoms with E-state index in [9.17, 15) is 4.79 Å². The molecule has 0 aliphatic heterocycles. The predicted octanol–water partition coefficient (Wildman–Crippen LogP) is 5.26. The Labute approximate surface area is 202 Å². The Balaban J connectivity index is 1.09. The number of rotatable bonds is 7. The van der Waals surface area contributed by atoms with Crippen LogP contribution in [0.4, 0.5) is 11.6 Å². The highest BCUT2D eigenvalue weighted by molar-refractivity contribution is 6.30. The standard InChI is InChI=1S/C26H25ClN6O/c1-15-24(17-3-2-4-19(27)9-17)25(15)26(34)32-22-10-21(29-14-30-22)28-11-20-13-33-12-18(16-5-6-16)7-8-23(33)31-20/h2-4,7-10,12-16,24-25H,5-6,11H2,1H3,(H2,28,29,30,32,34)/t15?,24?,25-/m1/s1. The van der Waals surface area contributed by atoms with Gasteiger partial charge in [-0.3, -0.25) is 4.79 Å². The molecule has 2 aliphatic carbocycles. The number of aromatic nitrogens is 4. The minimum Gasteiger partial charge on any atom is -0.364 e. The van der Waals surface area contributed by atoms with E-state index in [1.807, 2.05) is 30.5 Å². The average Bonchev–Trinajstić information content (AvgIpc) is 3.74. The van der Waals surface area contributed by atoms with Crippen LogP contribution < -0.4 is 10.6 Å². The van der Waals surface area contributed by atoms with E-state index >= 15 is 0 Å². The molecule has 1 aromatic carbocycles. The number of pyridine rings is 1. The van der Waals surface area contributed by atoms with Crippen LogP contribution in [0.3, 0.4) is 0 Å². The molecule has 2 saturated carbocycles. The fourth-order valence-electron chi connectivity index (χ4n) is 4.81. The quantitative estimate of drug-likeness (QED) is 0.383. The van der Waals surface area contributed by atoms with Crippen LogP contribution in [0.25, 0.3) is 5.65 Å². The van der Waals surface area contributed by atoms with E-state index in [0.717, 1.165) is 16.9 Å². The maximum atomic E-state index is 12.9. The lowest BCUT2D eigenvalue weighted by Gasteiger charge is -2.07. The number of carbonyl (C=O) groups excluding carboxylic acids is 1. The SMILES string of the molecule is CC1C(c2cccc(Cl)c2)[C@@H]1C(=O)Nc1cc(NCc2cn3cc(C4CC4)ccc3n2)ncn1. The molecule has 3 aromatic heterocycles. The Kier molecular flexibility index (Phi) is 5.21. The summed E-state index contributed by atoms with van der Waals surface area (Å²) in [5, 5.41) is 6.93. The highest BCUT2D eigenvalue weighted by Crippen LogP contribution is 2.54. The smallest absolute Gasteiger partial charge is 0.229 e. The first-order chi connectivity index (χ1) is 16.5. The molecule has 2 fully saturated rings. The Morgan fingerprint density at radius 2 is 1.94 bits per heavy atom. The number of fused-ring (bicyclic) bond motifs is 1. The molecule has 6 rings (SSSR count). The van der Waals surface area contributed by atoms with Gasteiger partial charge >= 0.3 is 0 Å². The number of hydrogen-bond acceptors (Lipinski definition) is 5. The minimum atomic E-state index is -0.0941. The molecule has 0 spiro atoms. The zero-order chi connectivity index (χ0) is 23.2. The van der Waals surface area contributed by atoms with E-state index in [4.69, 9.17) is 11.6 Å². The molecule has 0 bridgehead atoms. The predicted molar refractivity (Wildman–Crippen MR) is 132 cm³/mol. The molecule has 1 amide bonds. The highest BCUT2D eigenvalue weighted by atomic mass is 35.5. The van der Waals surface area contributed by atoms with E-state index in [-0.39, 0.29) is 23.7 Å². The lowest BCUT2D eigenvalue weighted by atomic mass is 10.1. The van der Waals surface area contributed by atoms with Crippen LogP contribution in [-0.4, -0.2) is 25.3 Å². The molecule has 4 aromatic rings. The third kappa shape index (κ3) is 4.23. The van der Waals surface area contributed by atoms with Crippen molar-refractivity contribution in [3.05, 3.63) is 83.0 Å². The van der Waals surface area contributed by atoms with Crippen molar-refractivity contribution in [2.45, 2.75) is 38.1 Å². The van der Waals surface area contributed by atoms with Gasteiger partial charge in [-0.05, 0) is 59.9 Å². The monoisotopic (exact) mass is 472 g/mol. The van der Waals surface area contributed by atoms with Crippen LogP contribution in [0.15, 0.2) is 61.2 Å². The van der Waals surface area contributed by atoms with E-state index < -0.39 is 0 Å². The lowest BCUT2D eigenvalue weighted by molar-refractivity contribution is -0.117. The Bertz CT molecular complexity index is 1380. The molecular weight excluding hydrogens is 448 g/mol. The number of amides is 1. The molecule has 34 heavy (non-hydrogen) atoms. The third-order valence-corrected chi connectivity index (χ3v) is 7.09. The lowest BCUT2D eigenvalue weighted by Crippen LogP contribution is -2.16. The molecule has 3 atom stereocenters. The van der Waals surface area contributed by atoms with Gasteiger partial charge in [-0.1, -0.05) is 36.7 Å². The number of nitrogens with one attached hydrogen (secondary N) is 2. The number of benzene rings is 1. The van der Waals surface area contributed by atoms with Gasteiger partial charge < -0.3 is 15.0 Å². The summed E-state index contributed by atoms with van der Waals surface area (Å²) in [6.07, 6.45) is 8.23. The average molecular weight is 473 g/mol. The topological polar surface area (TPSA) is 84.2 Å². The van der Waals surface area contributed by atoms with Crippen molar-refractivity contribution in [1.29, 1.82) is 0 Å². The highest BCUT2D eigenvalue weighted by Gasteiger charge is 2.52. The van der Waals surface area contributed by atoms with Gasteiger partial charge in [-0.25, -0.2) is 15.0 Å². The summed E-state index contributed by atoms with van der Waals surface area (Å²) >= 11 is 6.13.